The molecule has 1 atom stereocenters. The summed E-state index contributed by atoms with van der Waals surface area (Å²) in [6.07, 6.45) is -0.0339. The van der Waals surface area contributed by atoms with Crippen molar-refractivity contribution in [2.24, 2.45) is 4.99 Å². The Kier molecular flexibility index (Phi) is 3.61. The normalized spacial score (nSPS) is 17.5. The van der Waals surface area contributed by atoms with Crippen LogP contribution < -0.4 is 4.90 Å². The molecule has 0 N–H and O–H groups in total. The van der Waals surface area contributed by atoms with Crippen LogP contribution in [0.5, 0.6) is 0 Å². The van der Waals surface area contributed by atoms with Gasteiger partial charge in [0.2, 0.25) is 0 Å². The third-order valence-electron chi connectivity index (χ3n) is 3.31. The lowest BCUT2D eigenvalue weighted by molar-refractivity contribution is 0.225. The maximum Gasteiger partial charge on any atom is 0.292 e. The van der Waals surface area contributed by atoms with Crippen molar-refractivity contribution in [3.05, 3.63) is 65.2 Å². The first kappa shape index (κ1) is 13.0. The number of anilines is 1. The molecule has 0 saturated carbocycles. The monoisotopic (exact) mass is 286 g/mol. The van der Waals surface area contributed by atoms with Crippen LogP contribution in [0, 0.1) is 0 Å². The molecule has 3 rings (SSSR count). The van der Waals surface area contributed by atoms with Crippen molar-refractivity contribution in [1.29, 1.82) is 0 Å². The van der Waals surface area contributed by atoms with Crippen molar-refractivity contribution in [2.45, 2.75) is 6.10 Å². The molecule has 1 aliphatic heterocycles. The zero-order valence-corrected chi connectivity index (χ0v) is 11.9. The van der Waals surface area contributed by atoms with Gasteiger partial charge in [-0.15, -0.1) is 0 Å². The van der Waals surface area contributed by atoms with E-state index in [1.165, 1.54) is 0 Å². The second-order valence-corrected chi connectivity index (χ2v) is 5.11. The summed E-state index contributed by atoms with van der Waals surface area (Å²) in [4.78, 5) is 6.43. The number of benzene rings is 2. The number of nitrogens with zero attached hydrogens (tertiary/aromatic N) is 2. The summed E-state index contributed by atoms with van der Waals surface area (Å²) in [5.74, 6) is 0. The van der Waals surface area contributed by atoms with Crippen LogP contribution in [-0.4, -0.2) is 19.6 Å². The highest BCUT2D eigenvalue weighted by Crippen LogP contribution is 2.26. The Morgan fingerprint density at radius 3 is 2.50 bits per heavy atom. The quantitative estimate of drug-likeness (QED) is 0.836. The van der Waals surface area contributed by atoms with E-state index in [1.54, 1.807) is 0 Å². The third-order valence-corrected chi connectivity index (χ3v) is 3.56. The molecular formula is C16H15ClN2O. The van der Waals surface area contributed by atoms with Crippen molar-refractivity contribution in [3.63, 3.8) is 0 Å². The van der Waals surface area contributed by atoms with Crippen molar-refractivity contribution < 1.29 is 4.74 Å². The molecule has 0 amide bonds. The van der Waals surface area contributed by atoms with E-state index in [-0.39, 0.29) is 6.10 Å². The molecule has 4 heteroatoms. The Bertz CT molecular complexity index is 610. The van der Waals surface area contributed by atoms with E-state index >= 15 is 0 Å². The number of rotatable bonds is 2. The summed E-state index contributed by atoms with van der Waals surface area (Å²) in [6.45, 7) is 0.633. The van der Waals surface area contributed by atoms with E-state index in [0.717, 1.165) is 16.3 Å². The van der Waals surface area contributed by atoms with Gasteiger partial charge < -0.3 is 4.74 Å². The Hall–Kier alpha value is -2.00. The van der Waals surface area contributed by atoms with Crippen LogP contribution in [-0.2, 0) is 4.74 Å². The molecule has 1 heterocycles. The molecule has 1 unspecified atom stereocenters. The zero-order chi connectivity index (χ0) is 13.9. The van der Waals surface area contributed by atoms with Gasteiger partial charge in [-0.05, 0) is 29.8 Å². The first-order chi connectivity index (χ1) is 9.74. The van der Waals surface area contributed by atoms with Crippen LogP contribution in [0.2, 0.25) is 5.02 Å². The van der Waals surface area contributed by atoms with E-state index in [1.807, 2.05) is 66.5 Å². The van der Waals surface area contributed by atoms with Crippen LogP contribution in [0.1, 0.15) is 11.7 Å². The van der Waals surface area contributed by atoms with Crippen LogP contribution in [0.4, 0.5) is 5.69 Å². The number of hydrogen-bond acceptors (Lipinski definition) is 3. The standard InChI is InChI=1S/C16H15ClN2O/c1-19(14-5-3-2-4-6-14)16-18-11-15(20-16)12-7-9-13(17)10-8-12/h2-10,15H,11H2,1H3. The summed E-state index contributed by atoms with van der Waals surface area (Å²) < 4.78 is 5.94. The molecule has 0 saturated heterocycles. The minimum atomic E-state index is -0.0339. The van der Waals surface area contributed by atoms with Gasteiger partial charge in [-0.2, -0.15) is 0 Å². The number of amidine groups is 1. The summed E-state index contributed by atoms with van der Waals surface area (Å²) in [7, 11) is 1.96. The lowest BCUT2D eigenvalue weighted by Crippen LogP contribution is -2.26. The average molecular weight is 287 g/mol. The molecule has 2 aromatic carbocycles. The Morgan fingerprint density at radius 1 is 1.10 bits per heavy atom. The maximum absolute atomic E-state index is 5.94. The van der Waals surface area contributed by atoms with Crippen LogP contribution in [0.3, 0.4) is 0 Å². The minimum absolute atomic E-state index is 0.0339. The van der Waals surface area contributed by atoms with Gasteiger partial charge in [-0.25, -0.2) is 4.99 Å². The predicted molar refractivity (Wildman–Crippen MR) is 82.4 cm³/mol. The number of aliphatic imine (C=N–C) groups is 1. The first-order valence-electron chi connectivity index (χ1n) is 6.49. The van der Waals surface area contributed by atoms with Gasteiger partial charge in [0.25, 0.3) is 6.02 Å². The lowest BCUT2D eigenvalue weighted by atomic mass is 10.1. The third kappa shape index (κ3) is 2.63. The van der Waals surface area contributed by atoms with E-state index < -0.39 is 0 Å². The summed E-state index contributed by atoms with van der Waals surface area (Å²) in [5.41, 5.74) is 2.15. The summed E-state index contributed by atoms with van der Waals surface area (Å²) in [6, 6.07) is 18.4. The second kappa shape index (κ2) is 5.55. The van der Waals surface area contributed by atoms with Gasteiger partial charge in [0.1, 0.15) is 6.10 Å². The fraction of sp³-hybridized carbons (Fsp3) is 0.188. The van der Waals surface area contributed by atoms with Gasteiger partial charge in [-0.3, -0.25) is 4.90 Å². The fourth-order valence-corrected chi connectivity index (χ4v) is 2.29. The van der Waals surface area contributed by atoms with Gasteiger partial charge >= 0.3 is 0 Å². The molecule has 0 fully saturated rings. The smallest absolute Gasteiger partial charge is 0.292 e. The first-order valence-corrected chi connectivity index (χ1v) is 6.87. The van der Waals surface area contributed by atoms with Gasteiger partial charge in [0.15, 0.2) is 0 Å². The number of para-hydroxylation sites is 1. The van der Waals surface area contributed by atoms with E-state index in [9.17, 15) is 0 Å². The largest absolute Gasteiger partial charge is 0.455 e. The average Bonchev–Trinajstić information content (AvgIpc) is 2.98. The van der Waals surface area contributed by atoms with Gasteiger partial charge in [0.05, 0.1) is 6.54 Å². The Labute approximate surface area is 123 Å². The summed E-state index contributed by atoms with van der Waals surface area (Å²) in [5, 5.41) is 0.731. The number of halogens is 1. The number of ether oxygens (including phenoxy) is 1. The molecule has 0 aliphatic carbocycles. The molecule has 0 bridgehead atoms. The van der Waals surface area contributed by atoms with Crippen molar-refractivity contribution in [1.82, 2.24) is 0 Å². The van der Waals surface area contributed by atoms with Crippen LogP contribution >= 0.6 is 11.6 Å². The van der Waals surface area contributed by atoms with Crippen LogP contribution in [0.25, 0.3) is 0 Å². The highest BCUT2D eigenvalue weighted by Gasteiger charge is 2.24. The van der Waals surface area contributed by atoms with Crippen molar-refractivity contribution >= 4 is 23.3 Å². The van der Waals surface area contributed by atoms with Crippen molar-refractivity contribution in [3.8, 4) is 0 Å². The SMILES string of the molecule is CN(C1=NCC(c2ccc(Cl)cc2)O1)c1ccccc1. The molecular weight excluding hydrogens is 272 g/mol. The lowest BCUT2D eigenvalue weighted by Gasteiger charge is -2.20. The maximum atomic E-state index is 5.94. The van der Waals surface area contributed by atoms with Crippen molar-refractivity contribution in [2.75, 3.05) is 18.5 Å². The van der Waals surface area contributed by atoms with Gasteiger partial charge in [0, 0.05) is 17.8 Å². The molecule has 0 aromatic heterocycles. The van der Waals surface area contributed by atoms with E-state index in [2.05, 4.69) is 4.99 Å². The molecule has 0 spiro atoms. The molecule has 2 aromatic rings. The summed E-state index contributed by atoms with van der Waals surface area (Å²) >= 11 is 5.90. The molecule has 102 valence electrons. The predicted octanol–water partition coefficient (Wildman–Crippen LogP) is 3.90. The highest BCUT2D eigenvalue weighted by molar-refractivity contribution is 6.30. The van der Waals surface area contributed by atoms with Crippen LogP contribution in [0.15, 0.2) is 59.6 Å². The zero-order valence-electron chi connectivity index (χ0n) is 11.2. The minimum Gasteiger partial charge on any atom is -0.455 e. The molecule has 3 nitrogen and oxygen atoms in total. The topological polar surface area (TPSA) is 24.8 Å². The Balaban J connectivity index is 1.71. The highest BCUT2D eigenvalue weighted by atomic mass is 35.5. The van der Waals surface area contributed by atoms with E-state index in [4.69, 9.17) is 16.3 Å². The van der Waals surface area contributed by atoms with Gasteiger partial charge in [-0.1, -0.05) is 41.9 Å². The Morgan fingerprint density at radius 2 is 1.80 bits per heavy atom. The molecule has 1 aliphatic rings. The number of hydrogen-bond donors (Lipinski definition) is 0. The fourth-order valence-electron chi connectivity index (χ4n) is 2.16. The van der Waals surface area contributed by atoms with E-state index in [0.29, 0.717) is 12.6 Å². The molecule has 0 radical (unpaired) electrons. The molecule has 20 heavy (non-hydrogen) atoms. The second-order valence-electron chi connectivity index (χ2n) is 4.68.